The van der Waals surface area contributed by atoms with Crippen molar-refractivity contribution in [3.63, 3.8) is 0 Å². The molecule has 0 radical (unpaired) electrons. The lowest BCUT2D eigenvalue weighted by Gasteiger charge is -2.42. The van der Waals surface area contributed by atoms with E-state index < -0.39 is 5.09 Å². The molecular formula is C13H15I2NO3. The third kappa shape index (κ3) is 1.07. The maximum absolute atomic E-state index is 10.4. The Hall–Kier alpha value is 0.660. The van der Waals surface area contributed by atoms with E-state index in [4.69, 9.17) is 0 Å². The minimum Gasteiger partial charge on any atom is -0.314 e. The van der Waals surface area contributed by atoms with Gasteiger partial charge in [0, 0.05) is 7.85 Å². The summed E-state index contributed by atoms with van der Waals surface area (Å²) in [7, 11) is 0. The molecule has 0 saturated heterocycles. The molecule has 6 heteroatoms. The highest BCUT2D eigenvalue weighted by atomic mass is 127. The first-order valence-corrected chi connectivity index (χ1v) is 9.63. The Kier molecular flexibility index (Phi) is 2.27. The van der Waals surface area contributed by atoms with Crippen LogP contribution in [0.2, 0.25) is 0 Å². The molecule has 6 rings (SSSR count). The van der Waals surface area contributed by atoms with Crippen molar-refractivity contribution in [2.24, 2.45) is 46.8 Å². The van der Waals surface area contributed by atoms with Gasteiger partial charge in [-0.1, -0.05) is 45.2 Å². The van der Waals surface area contributed by atoms with Crippen LogP contribution < -0.4 is 0 Å². The lowest BCUT2D eigenvalue weighted by Crippen LogP contribution is -2.40. The minimum atomic E-state index is -0.621. The van der Waals surface area contributed by atoms with Crippen molar-refractivity contribution >= 4 is 45.2 Å². The van der Waals surface area contributed by atoms with Crippen LogP contribution in [-0.4, -0.2) is 19.5 Å². The van der Waals surface area contributed by atoms with Gasteiger partial charge < -0.3 is 4.84 Å². The Labute approximate surface area is 138 Å². The molecule has 104 valence electrons. The molecule has 6 aliphatic rings. The van der Waals surface area contributed by atoms with Gasteiger partial charge in [0.15, 0.2) is 0 Å². The number of hydrogen-bond acceptors (Lipinski definition) is 3. The molecule has 10 atom stereocenters. The van der Waals surface area contributed by atoms with E-state index >= 15 is 0 Å². The van der Waals surface area contributed by atoms with Gasteiger partial charge in [0.1, 0.15) is 0 Å². The third-order valence-electron chi connectivity index (χ3n) is 7.30. The third-order valence-corrected chi connectivity index (χ3v) is 10.9. The number of hydrogen-bond donors (Lipinski definition) is 0. The van der Waals surface area contributed by atoms with E-state index in [-0.39, 0.29) is 0 Å². The van der Waals surface area contributed by atoms with Crippen molar-refractivity contribution in [2.75, 3.05) is 6.61 Å². The van der Waals surface area contributed by atoms with Crippen LogP contribution in [0.1, 0.15) is 12.8 Å². The van der Waals surface area contributed by atoms with Gasteiger partial charge in [0.2, 0.25) is 0 Å². The molecule has 0 heterocycles. The molecule has 0 amide bonds. The topological polar surface area (TPSA) is 52.4 Å². The van der Waals surface area contributed by atoms with E-state index in [0.29, 0.717) is 12.0 Å². The molecule has 0 unspecified atom stereocenters. The van der Waals surface area contributed by atoms with E-state index in [2.05, 4.69) is 50.0 Å². The molecule has 6 fully saturated rings. The average Bonchev–Trinajstić information content (AvgIpc) is 3.05. The van der Waals surface area contributed by atoms with E-state index in [1.165, 1.54) is 6.42 Å². The monoisotopic (exact) mass is 487 g/mol. The van der Waals surface area contributed by atoms with E-state index in [9.17, 15) is 10.1 Å². The Bertz CT molecular complexity index is 485. The van der Waals surface area contributed by atoms with Crippen LogP contribution >= 0.6 is 45.2 Å². The maximum Gasteiger partial charge on any atom is 0.294 e. The van der Waals surface area contributed by atoms with Crippen molar-refractivity contribution in [3.05, 3.63) is 10.1 Å². The molecule has 0 spiro atoms. The summed E-state index contributed by atoms with van der Waals surface area (Å²) in [5, 5.41) is 9.81. The SMILES string of the molecule is O=[N+]([O-])OCC[C@@]12[C@@H]3[C@H](I)[C@@H]4[C@H]5C[C@@H]([C@H]([C@H]53)[C@@H]1I)[C@H]42. The summed E-state index contributed by atoms with van der Waals surface area (Å²) in [5.74, 6) is 6.51. The first-order chi connectivity index (χ1) is 9.09. The molecule has 0 aliphatic heterocycles. The summed E-state index contributed by atoms with van der Waals surface area (Å²) >= 11 is 5.40. The summed E-state index contributed by atoms with van der Waals surface area (Å²) in [6.45, 7) is 0.312. The summed E-state index contributed by atoms with van der Waals surface area (Å²) in [6.07, 6.45) is 2.39. The van der Waals surface area contributed by atoms with Gasteiger partial charge in [-0.05, 0) is 59.7 Å². The van der Waals surface area contributed by atoms with Crippen molar-refractivity contribution in [3.8, 4) is 0 Å². The first-order valence-electron chi connectivity index (χ1n) is 7.14. The van der Waals surface area contributed by atoms with Gasteiger partial charge in [-0.15, -0.1) is 10.1 Å². The number of rotatable bonds is 4. The molecule has 0 aromatic carbocycles. The predicted octanol–water partition coefficient (Wildman–Crippen LogP) is 2.95. The van der Waals surface area contributed by atoms with Crippen LogP contribution in [0.4, 0.5) is 0 Å². The zero-order valence-electron chi connectivity index (χ0n) is 10.2. The summed E-state index contributed by atoms with van der Waals surface area (Å²) in [4.78, 5) is 15.1. The number of alkyl halides is 2. The van der Waals surface area contributed by atoms with Crippen LogP contribution in [0, 0.1) is 57.0 Å². The van der Waals surface area contributed by atoms with Crippen LogP contribution in [0.25, 0.3) is 0 Å². The van der Waals surface area contributed by atoms with Crippen LogP contribution in [-0.2, 0) is 4.84 Å². The van der Waals surface area contributed by atoms with Gasteiger partial charge in [0.25, 0.3) is 5.09 Å². The van der Waals surface area contributed by atoms with Crippen molar-refractivity contribution < 1.29 is 9.92 Å². The largest absolute Gasteiger partial charge is 0.314 e. The van der Waals surface area contributed by atoms with Crippen molar-refractivity contribution in [2.45, 2.75) is 20.7 Å². The van der Waals surface area contributed by atoms with E-state index in [1.54, 1.807) is 0 Å². The Balaban J connectivity index is 1.52. The fraction of sp³-hybridized carbons (Fsp3) is 1.00. The van der Waals surface area contributed by atoms with Gasteiger partial charge in [0.05, 0.1) is 6.61 Å². The summed E-state index contributed by atoms with van der Waals surface area (Å²) < 4.78 is 1.59. The fourth-order valence-corrected chi connectivity index (χ4v) is 11.8. The second kappa shape index (κ2) is 3.52. The molecule has 6 bridgehead atoms. The zero-order chi connectivity index (χ0) is 13.1. The van der Waals surface area contributed by atoms with Gasteiger partial charge in [-0.25, -0.2) is 0 Å². The fourth-order valence-electron chi connectivity index (χ4n) is 7.48. The standard InChI is InChI=1S/C13H15I2NO3/c14-11-8-4-3-5-7-6(4)10(11)13(9(5)8,12(7)15)1-2-19-16(17)18/h4-12H,1-3H2/t4-,5-,6-,7+,8+,9+,10-,11+,12-,13+/m0/s1. The number of nitrogens with zero attached hydrogens (tertiary/aromatic N) is 1. The average molecular weight is 487 g/mol. The predicted molar refractivity (Wildman–Crippen MR) is 84.7 cm³/mol. The molecule has 0 aromatic rings. The second-order valence-electron chi connectivity index (χ2n) is 7.11. The normalized spacial score (nSPS) is 65.7. The highest BCUT2D eigenvalue weighted by molar-refractivity contribution is 14.1. The molecular weight excluding hydrogens is 472 g/mol. The van der Waals surface area contributed by atoms with Crippen molar-refractivity contribution in [1.82, 2.24) is 0 Å². The number of halogens is 2. The lowest BCUT2D eigenvalue weighted by atomic mass is 9.62. The molecule has 6 saturated carbocycles. The highest BCUT2D eigenvalue weighted by Crippen LogP contribution is 2.89. The van der Waals surface area contributed by atoms with Crippen molar-refractivity contribution in [1.29, 1.82) is 0 Å². The van der Waals surface area contributed by atoms with E-state index in [1.807, 2.05) is 0 Å². The molecule has 4 nitrogen and oxygen atoms in total. The maximum atomic E-state index is 10.4. The lowest BCUT2D eigenvalue weighted by molar-refractivity contribution is -0.758. The van der Waals surface area contributed by atoms with Crippen LogP contribution in [0.15, 0.2) is 0 Å². The van der Waals surface area contributed by atoms with Gasteiger partial charge >= 0.3 is 0 Å². The minimum absolute atomic E-state index is 0.312. The van der Waals surface area contributed by atoms with Gasteiger partial charge in [-0.2, -0.15) is 0 Å². The molecule has 0 aromatic heterocycles. The Morgan fingerprint density at radius 3 is 2.74 bits per heavy atom. The highest BCUT2D eigenvalue weighted by Gasteiger charge is 2.87. The molecule has 6 aliphatic carbocycles. The molecule has 19 heavy (non-hydrogen) atoms. The first kappa shape index (κ1) is 12.2. The molecule has 0 N–H and O–H groups in total. The smallest absolute Gasteiger partial charge is 0.294 e. The van der Waals surface area contributed by atoms with Crippen LogP contribution in [0.3, 0.4) is 0 Å². The summed E-state index contributed by atoms with van der Waals surface area (Å²) in [5.41, 5.74) is 0.389. The quantitative estimate of drug-likeness (QED) is 0.266. The van der Waals surface area contributed by atoms with E-state index in [0.717, 1.165) is 55.7 Å². The van der Waals surface area contributed by atoms with Crippen LogP contribution in [0.5, 0.6) is 0 Å². The Morgan fingerprint density at radius 2 is 2.00 bits per heavy atom. The second-order valence-corrected chi connectivity index (χ2v) is 9.89. The summed E-state index contributed by atoms with van der Waals surface area (Å²) in [6, 6.07) is 0. The zero-order valence-corrected chi connectivity index (χ0v) is 14.6. The van der Waals surface area contributed by atoms with Gasteiger partial charge in [-0.3, -0.25) is 0 Å². The Morgan fingerprint density at radius 1 is 1.21 bits per heavy atom.